The Morgan fingerprint density at radius 3 is 2.76 bits per heavy atom. The van der Waals surface area contributed by atoms with Gasteiger partial charge in [0.05, 0.1) is 41.8 Å². The van der Waals surface area contributed by atoms with Crippen LogP contribution in [0.4, 0.5) is 5.69 Å². The molecule has 0 spiro atoms. The maximum atomic E-state index is 13.1. The zero-order chi connectivity index (χ0) is 23.5. The van der Waals surface area contributed by atoms with E-state index < -0.39 is 0 Å². The van der Waals surface area contributed by atoms with Crippen molar-refractivity contribution in [1.82, 2.24) is 19.2 Å². The van der Waals surface area contributed by atoms with Gasteiger partial charge < -0.3 is 14.8 Å². The minimum absolute atomic E-state index is 0.292. The van der Waals surface area contributed by atoms with Crippen LogP contribution >= 0.6 is 11.6 Å². The maximum absolute atomic E-state index is 13.1. The van der Waals surface area contributed by atoms with Gasteiger partial charge in [0.1, 0.15) is 23.7 Å². The molecule has 3 heterocycles. The third kappa shape index (κ3) is 4.33. The average molecular weight is 476 g/mol. The van der Waals surface area contributed by atoms with E-state index in [-0.39, 0.29) is 5.91 Å². The van der Waals surface area contributed by atoms with Crippen molar-refractivity contribution in [1.29, 1.82) is 0 Å². The Morgan fingerprint density at radius 2 is 1.94 bits per heavy atom. The molecular formula is C25H22ClN5O3. The number of ether oxygens (including phenoxy) is 2. The number of amides is 1. The van der Waals surface area contributed by atoms with Crippen LogP contribution in [0.5, 0.6) is 5.75 Å². The average Bonchev–Trinajstić information content (AvgIpc) is 3.47. The maximum Gasteiger partial charge on any atom is 0.274 e. The van der Waals surface area contributed by atoms with E-state index in [1.165, 1.54) is 6.20 Å². The molecule has 0 fully saturated rings. The number of nitrogens with one attached hydrogen (secondary N) is 1. The van der Waals surface area contributed by atoms with Crippen molar-refractivity contribution in [3.8, 4) is 5.75 Å². The number of nitrogens with zero attached hydrogens (tertiary/aromatic N) is 4. The molecule has 2 aromatic carbocycles. The Bertz CT molecular complexity index is 1460. The number of fused-ring (bicyclic) bond motifs is 2. The van der Waals surface area contributed by atoms with Crippen LogP contribution in [0.3, 0.4) is 0 Å². The molecule has 0 aliphatic carbocycles. The molecule has 1 N–H and O–H groups in total. The second-order valence-electron chi connectivity index (χ2n) is 7.67. The first kappa shape index (κ1) is 21.9. The fourth-order valence-electron chi connectivity index (χ4n) is 3.79. The third-order valence-electron chi connectivity index (χ3n) is 5.45. The van der Waals surface area contributed by atoms with E-state index in [0.29, 0.717) is 47.6 Å². The van der Waals surface area contributed by atoms with Gasteiger partial charge in [-0.05, 0) is 23.8 Å². The number of carbonyl (C=O) groups is 1. The number of aromatic nitrogens is 4. The van der Waals surface area contributed by atoms with Gasteiger partial charge in [-0.3, -0.25) is 13.9 Å². The number of benzene rings is 2. The van der Waals surface area contributed by atoms with Crippen LogP contribution < -0.4 is 10.1 Å². The number of halogens is 1. The van der Waals surface area contributed by atoms with E-state index in [1.54, 1.807) is 48.2 Å². The highest BCUT2D eigenvalue weighted by Crippen LogP contribution is 2.31. The van der Waals surface area contributed by atoms with E-state index in [0.717, 1.165) is 16.5 Å². The van der Waals surface area contributed by atoms with Crippen LogP contribution in [0.1, 0.15) is 16.1 Å². The van der Waals surface area contributed by atoms with Crippen LogP contribution in [0.2, 0.25) is 5.02 Å². The van der Waals surface area contributed by atoms with Gasteiger partial charge in [0.25, 0.3) is 5.91 Å². The smallest absolute Gasteiger partial charge is 0.274 e. The topological polar surface area (TPSA) is 82.7 Å². The minimum atomic E-state index is -0.292. The summed E-state index contributed by atoms with van der Waals surface area (Å²) >= 11 is 6.51. The molecular weight excluding hydrogens is 454 g/mol. The molecule has 0 radical (unpaired) electrons. The Morgan fingerprint density at radius 1 is 1.09 bits per heavy atom. The summed E-state index contributed by atoms with van der Waals surface area (Å²) in [6, 6.07) is 17.1. The molecule has 3 aromatic heterocycles. The second kappa shape index (κ2) is 9.54. The first-order valence-electron chi connectivity index (χ1n) is 10.7. The fraction of sp³-hybridized carbons (Fsp3) is 0.160. The standard InChI is InChI=1S/C25H22ClN5O3/c1-33-11-12-34-18-9-10-30-22(15-27-23(30)13-18)25(32)29-21-8-7-20(26)24-19(21)14-28-31(24)16-17-5-3-2-4-6-17/h2-10,13-15H,11-12,16H2,1H3,(H,29,32). The molecule has 8 nitrogen and oxygen atoms in total. The van der Waals surface area contributed by atoms with Gasteiger partial charge in [-0.15, -0.1) is 0 Å². The molecule has 5 rings (SSSR count). The monoisotopic (exact) mass is 475 g/mol. The van der Waals surface area contributed by atoms with Crippen LogP contribution in [-0.4, -0.2) is 45.4 Å². The van der Waals surface area contributed by atoms with Crippen molar-refractivity contribution in [2.45, 2.75) is 6.54 Å². The minimum Gasteiger partial charge on any atom is -0.491 e. The van der Waals surface area contributed by atoms with Crippen molar-refractivity contribution in [3.05, 3.63) is 89.5 Å². The predicted octanol–water partition coefficient (Wildman–Crippen LogP) is 4.66. The summed E-state index contributed by atoms with van der Waals surface area (Å²) in [4.78, 5) is 17.5. The molecule has 0 bridgehead atoms. The van der Waals surface area contributed by atoms with Gasteiger partial charge in [-0.25, -0.2) is 4.98 Å². The van der Waals surface area contributed by atoms with Gasteiger partial charge in [0.15, 0.2) is 0 Å². The van der Waals surface area contributed by atoms with Gasteiger partial charge in [0, 0.05) is 24.8 Å². The van der Waals surface area contributed by atoms with E-state index in [4.69, 9.17) is 21.1 Å². The largest absolute Gasteiger partial charge is 0.491 e. The predicted molar refractivity (Wildman–Crippen MR) is 131 cm³/mol. The van der Waals surface area contributed by atoms with E-state index >= 15 is 0 Å². The van der Waals surface area contributed by atoms with Gasteiger partial charge in [0.2, 0.25) is 0 Å². The molecule has 34 heavy (non-hydrogen) atoms. The molecule has 9 heteroatoms. The zero-order valence-corrected chi connectivity index (χ0v) is 19.2. The Kier molecular flexibility index (Phi) is 6.16. The lowest BCUT2D eigenvalue weighted by Gasteiger charge is -2.10. The lowest BCUT2D eigenvalue weighted by Crippen LogP contribution is -2.14. The molecule has 5 aromatic rings. The number of rotatable bonds is 8. The summed E-state index contributed by atoms with van der Waals surface area (Å²) in [5, 5.41) is 8.82. The molecule has 1 amide bonds. The Balaban J connectivity index is 1.40. The van der Waals surface area contributed by atoms with Crippen LogP contribution in [0, 0.1) is 0 Å². The fourth-order valence-corrected chi connectivity index (χ4v) is 4.06. The molecule has 0 atom stereocenters. The summed E-state index contributed by atoms with van der Waals surface area (Å²) in [7, 11) is 1.62. The van der Waals surface area contributed by atoms with Crippen molar-refractivity contribution in [2.75, 3.05) is 25.6 Å². The highest BCUT2D eigenvalue weighted by molar-refractivity contribution is 6.35. The van der Waals surface area contributed by atoms with Crippen LogP contribution in [0.25, 0.3) is 16.6 Å². The van der Waals surface area contributed by atoms with Gasteiger partial charge in [-0.2, -0.15) is 5.10 Å². The first-order chi connectivity index (χ1) is 16.6. The number of imidazole rings is 1. The highest BCUT2D eigenvalue weighted by atomic mass is 35.5. The second-order valence-corrected chi connectivity index (χ2v) is 8.08. The molecule has 0 saturated heterocycles. The summed E-state index contributed by atoms with van der Waals surface area (Å²) in [5.41, 5.74) is 3.50. The van der Waals surface area contributed by atoms with E-state index in [2.05, 4.69) is 15.4 Å². The summed E-state index contributed by atoms with van der Waals surface area (Å²) in [6.07, 6.45) is 5.02. The van der Waals surface area contributed by atoms with Crippen LogP contribution in [0.15, 0.2) is 73.2 Å². The molecule has 0 saturated carbocycles. The first-order valence-corrected chi connectivity index (χ1v) is 11.1. The zero-order valence-electron chi connectivity index (χ0n) is 18.4. The number of hydrogen-bond donors (Lipinski definition) is 1. The van der Waals surface area contributed by atoms with Crippen molar-refractivity contribution in [3.63, 3.8) is 0 Å². The SMILES string of the molecule is COCCOc1ccn2c(C(=O)Nc3ccc(Cl)c4c3cnn4Cc3ccccc3)cnc2c1. The number of hydrogen-bond acceptors (Lipinski definition) is 5. The summed E-state index contributed by atoms with van der Waals surface area (Å²) in [6.45, 7) is 1.50. The Labute approximate surface area is 200 Å². The number of pyridine rings is 1. The lowest BCUT2D eigenvalue weighted by molar-refractivity contribution is 0.102. The highest BCUT2D eigenvalue weighted by Gasteiger charge is 2.17. The number of anilines is 1. The molecule has 0 aliphatic rings. The van der Waals surface area contributed by atoms with Crippen molar-refractivity contribution >= 4 is 39.7 Å². The van der Waals surface area contributed by atoms with Crippen LogP contribution in [-0.2, 0) is 11.3 Å². The Hall–Kier alpha value is -3.88. The number of carbonyl (C=O) groups excluding carboxylic acids is 1. The van der Waals surface area contributed by atoms with Crippen molar-refractivity contribution in [2.24, 2.45) is 0 Å². The quantitative estimate of drug-likeness (QED) is 0.330. The van der Waals surface area contributed by atoms with E-state index in [1.807, 2.05) is 35.0 Å². The lowest BCUT2D eigenvalue weighted by atomic mass is 10.2. The third-order valence-corrected chi connectivity index (χ3v) is 5.75. The van der Waals surface area contributed by atoms with Crippen molar-refractivity contribution < 1.29 is 14.3 Å². The van der Waals surface area contributed by atoms with Gasteiger partial charge >= 0.3 is 0 Å². The normalized spacial score (nSPS) is 11.2. The van der Waals surface area contributed by atoms with E-state index in [9.17, 15) is 4.79 Å². The van der Waals surface area contributed by atoms with Gasteiger partial charge in [-0.1, -0.05) is 41.9 Å². The molecule has 0 unspecified atom stereocenters. The summed E-state index contributed by atoms with van der Waals surface area (Å²) in [5.74, 6) is 0.368. The summed E-state index contributed by atoms with van der Waals surface area (Å²) < 4.78 is 14.2. The number of methoxy groups -OCH3 is 1. The molecule has 0 aliphatic heterocycles. The molecule has 172 valence electrons.